The molecule has 7 atom stereocenters. The molecule has 5 aliphatic rings. The van der Waals surface area contributed by atoms with Crippen molar-refractivity contribution in [3.05, 3.63) is 29.2 Å². The molecule has 3 saturated carbocycles. The highest BCUT2D eigenvalue weighted by Crippen LogP contribution is 2.74. The Morgan fingerprint density at radius 2 is 1.71 bits per heavy atom. The molecule has 0 radical (unpaired) electrons. The van der Waals surface area contributed by atoms with Crippen molar-refractivity contribution in [3.63, 3.8) is 0 Å². The van der Waals surface area contributed by atoms with E-state index in [0.717, 1.165) is 57.1 Å². The maximum atomic E-state index is 14.3. The molecule has 0 saturated heterocycles. The molecule has 1 heterocycles. The van der Waals surface area contributed by atoms with Crippen molar-refractivity contribution in [2.75, 3.05) is 0 Å². The predicted molar refractivity (Wildman–Crippen MR) is 136 cm³/mol. The lowest BCUT2D eigenvalue weighted by atomic mass is 9.34. The summed E-state index contributed by atoms with van der Waals surface area (Å²) in [4.78, 5) is 26.9. The minimum absolute atomic E-state index is 0.0434. The Bertz CT molecular complexity index is 1140. The number of fused-ring (bicyclic) bond motifs is 8. The minimum Gasteiger partial charge on any atom is -0.361 e. The lowest BCUT2D eigenvalue weighted by Gasteiger charge is -2.69. The third kappa shape index (κ3) is 2.72. The number of aldehydes is 1. The van der Waals surface area contributed by atoms with Crippen LogP contribution in [-0.2, 0) is 21.4 Å². The summed E-state index contributed by atoms with van der Waals surface area (Å²) in [7, 11) is 0. The van der Waals surface area contributed by atoms with Gasteiger partial charge < -0.3 is 9.32 Å². The third-order valence-corrected chi connectivity index (χ3v) is 12.6. The summed E-state index contributed by atoms with van der Waals surface area (Å²) < 4.78 is 5.79. The maximum absolute atomic E-state index is 14.3. The quantitative estimate of drug-likeness (QED) is 0.414. The second kappa shape index (κ2) is 6.78. The van der Waals surface area contributed by atoms with Crippen LogP contribution in [0.4, 0.5) is 0 Å². The Morgan fingerprint density at radius 3 is 2.43 bits per heavy atom. The van der Waals surface area contributed by atoms with E-state index < -0.39 is 0 Å². The Morgan fingerprint density at radius 1 is 1.00 bits per heavy atom. The van der Waals surface area contributed by atoms with Gasteiger partial charge in [-0.05, 0) is 90.9 Å². The molecule has 2 unspecified atom stereocenters. The Kier molecular flexibility index (Phi) is 4.59. The summed E-state index contributed by atoms with van der Waals surface area (Å²) >= 11 is 0. The minimum atomic E-state index is -0.317. The highest BCUT2D eigenvalue weighted by molar-refractivity contribution is 5.96. The molecule has 0 bridgehead atoms. The molecule has 0 aromatic carbocycles. The van der Waals surface area contributed by atoms with Crippen LogP contribution in [0, 0.1) is 44.8 Å². The normalized spacial score (nSPS) is 47.3. The number of carbonyl (C=O) groups excluding carboxylic acids is 2. The topological polar surface area (TPSA) is 60.2 Å². The lowest BCUT2D eigenvalue weighted by Crippen LogP contribution is -2.65. The predicted octanol–water partition coefficient (Wildman–Crippen LogP) is 6.87. The third-order valence-electron chi connectivity index (χ3n) is 12.6. The summed E-state index contributed by atoms with van der Waals surface area (Å²) in [5, 5.41) is 4.19. The van der Waals surface area contributed by atoms with Gasteiger partial charge in [0.1, 0.15) is 12.0 Å². The first-order valence-electron chi connectivity index (χ1n) is 13.9. The van der Waals surface area contributed by atoms with Crippen molar-refractivity contribution in [3.8, 4) is 0 Å². The SMILES string of the molecule is CC1(C)CC[C@]2(C=O)CC[C@]3(C)C(C(=O)C=C4[C@@]5(C)Cc6cnoc6C(C)(C)[C@@H]5CC[C@]43C)C2C1. The molecule has 4 heteroatoms. The lowest BCUT2D eigenvalue weighted by molar-refractivity contribution is -0.172. The van der Waals surface area contributed by atoms with Gasteiger partial charge in [0.2, 0.25) is 0 Å². The molecule has 0 N–H and O–H groups in total. The van der Waals surface area contributed by atoms with E-state index in [0.29, 0.717) is 11.7 Å². The summed E-state index contributed by atoms with van der Waals surface area (Å²) in [6.07, 6.45) is 13.3. The van der Waals surface area contributed by atoms with Crippen molar-refractivity contribution >= 4 is 12.1 Å². The smallest absolute Gasteiger partial charge is 0.159 e. The molecule has 0 aliphatic heterocycles. The Labute approximate surface area is 210 Å². The molecule has 35 heavy (non-hydrogen) atoms. The molecule has 0 amide bonds. The maximum Gasteiger partial charge on any atom is 0.159 e. The molecule has 5 aliphatic carbocycles. The highest BCUT2D eigenvalue weighted by Gasteiger charge is 2.70. The van der Waals surface area contributed by atoms with Crippen molar-refractivity contribution in [2.24, 2.45) is 44.8 Å². The van der Waals surface area contributed by atoms with Gasteiger partial charge in [-0.2, -0.15) is 0 Å². The van der Waals surface area contributed by atoms with Crippen LogP contribution in [0.5, 0.6) is 0 Å². The van der Waals surface area contributed by atoms with E-state index >= 15 is 0 Å². The van der Waals surface area contributed by atoms with Crippen molar-refractivity contribution < 1.29 is 14.1 Å². The zero-order valence-corrected chi connectivity index (χ0v) is 22.8. The molecule has 1 aromatic heterocycles. The van der Waals surface area contributed by atoms with Gasteiger partial charge in [-0.3, -0.25) is 4.79 Å². The average molecular weight is 478 g/mol. The van der Waals surface area contributed by atoms with Crippen LogP contribution in [0.2, 0.25) is 0 Å². The van der Waals surface area contributed by atoms with Crippen LogP contribution < -0.4 is 0 Å². The first-order valence-corrected chi connectivity index (χ1v) is 13.9. The molecular formula is C31H43NO3. The Balaban J connectivity index is 1.51. The van der Waals surface area contributed by atoms with Crippen LogP contribution in [0.15, 0.2) is 22.4 Å². The van der Waals surface area contributed by atoms with E-state index in [2.05, 4.69) is 59.7 Å². The zero-order chi connectivity index (χ0) is 25.2. The number of carbonyl (C=O) groups is 2. The molecule has 4 nitrogen and oxygen atoms in total. The van der Waals surface area contributed by atoms with E-state index in [1.165, 1.54) is 17.4 Å². The van der Waals surface area contributed by atoms with Crippen LogP contribution >= 0.6 is 0 Å². The summed E-state index contributed by atoms with van der Waals surface area (Å²) in [6, 6.07) is 0. The molecule has 0 spiro atoms. The first kappa shape index (κ1) is 23.7. The van der Waals surface area contributed by atoms with E-state index in [-0.39, 0.29) is 44.3 Å². The molecule has 190 valence electrons. The largest absolute Gasteiger partial charge is 0.361 e. The second-order valence-corrected chi connectivity index (χ2v) is 15.1. The summed E-state index contributed by atoms with van der Waals surface area (Å²) in [5.41, 5.74) is 2.07. The molecule has 1 aromatic rings. The van der Waals surface area contributed by atoms with Crippen molar-refractivity contribution in [1.82, 2.24) is 5.16 Å². The van der Waals surface area contributed by atoms with Gasteiger partial charge in [-0.15, -0.1) is 0 Å². The van der Waals surface area contributed by atoms with E-state index in [1.54, 1.807) is 0 Å². The van der Waals surface area contributed by atoms with Gasteiger partial charge in [0, 0.05) is 22.3 Å². The number of allylic oxidation sites excluding steroid dienone is 2. The number of hydrogen-bond donors (Lipinski definition) is 0. The summed E-state index contributed by atoms with van der Waals surface area (Å²) in [6.45, 7) is 16.6. The van der Waals surface area contributed by atoms with Crippen LogP contribution in [-0.4, -0.2) is 17.2 Å². The molecular weight excluding hydrogens is 434 g/mol. The fourth-order valence-corrected chi connectivity index (χ4v) is 10.5. The first-order chi connectivity index (χ1) is 16.2. The van der Waals surface area contributed by atoms with Gasteiger partial charge in [-0.1, -0.05) is 59.2 Å². The number of aromatic nitrogens is 1. The standard InChI is InChI=1S/C31H43NO3/c1-26(2)10-12-31(18-33)13-11-30(7)24(20(31)16-26)21(34)14-23-28(5)15-19-17-32-35-25(19)27(3,4)22(28)8-9-29(23,30)6/h14,17-18,20,22,24H,8-13,15-16H2,1-7H3/t20?,22-,24?,28-,29+,30+,31+/m0/s1. The van der Waals surface area contributed by atoms with Gasteiger partial charge >= 0.3 is 0 Å². The molecule has 3 fully saturated rings. The number of rotatable bonds is 1. The van der Waals surface area contributed by atoms with Gasteiger partial charge in [0.15, 0.2) is 5.78 Å². The Hall–Kier alpha value is -1.71. The fraction of sp³-hybridized carbons (Fsp3) is 0.774. The monoisotopic (exact) mass is 477 g/mol. The van der Waals surface area contributed by atoms with Crippen molar-refractivity contribution in [1.29, 1.82) is 0 Å². The van der Waals surface area contributed by atoms with Gasteiger partial charge in [-0.25, -0.2) is 0 Å². The second-order valence-electron chi connectivity index (χ2n) is 15.1. The van der Waals surface area contributed by atoms with Crippen LogP contribution in [0.25, 0.3) is 0 Å². The number of nitrogens with zero attached hydrogens (tertiary/aromatic N) is 1. The van der Waals surface area contributed by atoms with Gasteiger partial charge in [0.05, 0.1) is 6.20 Å². The highest BCUT2D eigenvalue weighted by atomic mass is 16.5. The van der Waals surface area contributed by atoms with Crippen LogP contribution in [0.1, 0.15) is 105 Å². The average Bonchev–Trinajstić information content (AvgIpc) is 3.24. The zero-order valence-electron chi connectivity index (χ0n) is 22.8. The summed E-state index contributed by atoms with van der Waals surface area (Å²) in [5.74, 6) is 1.84. The molecule has 6 rings (SSSR count). The van der Waals surface area contributed by atoms with E-state index in [9.17, 15) is 9.59 Å². The van der Waals surface area contributed by atoms with Crippen molar-refractivity contribution in [2.45, 2.75) is 105 Å². The van der Waals surface area contributed by atoms with Crippen LogP contribution in [0.3, 0.4) is 0 Å². The number of ketones is 1. The fourth-order valence-electron chi connectivity index (χ4n) is 10.5. The van der Waals surface area contributed by atoms with Gasteiger partial charge in [0.25, 0.3) is 0 Å². The van der Waals surface area contributed by atoms with E-state index in [4.69, 9.17) is 4.52 Å². The van der Waals surface area contributed by atoms with E-state index in [1.807, 2.05) is 6.20 Å². The number of hydrogen-bond acceptors (Lipinski definition) is 4.